The van der Waals surface area contributed by atoms with Crippen LogP contribution >= 0.6 is 0 Å². The van der Waals surface area contributed by atoms with Gasteiger partial charge in [-0.1, -0.05) is 26.0 Å². The quantitative estimate of drug-likeness (QED) is 0.687. The molecule has 1 heterocycles. The number of nitrogens with zero attached hydrogens (tertiary/aromatic N) is 1. The molecule has 26 heavy (non-hydrogen) atoms. The Bertz CT molecular complexity index is 689. The van der Waals surface area contributed by atoms with Crippen molar-refractivity contribution in [2.45, 2.75) is 45.6 Å². The monoisotopic (exact) mass is 360 g/mol. The molecule has 0 radical (unpaired) electrons. The number of para-hydroxylation sites is 2. The number of nitrogens with two attached hydrogens (primary N) is 1. The van der Waals surface area contributed by atoms with E-state index in [0.29, 0.717) is 23.8 Å². The maximum Gasteiger partial charge on any atom is 0.244 e. The van der Waals surface area contributed by atoms with Crippen LogP contribution in [0.25, 0.3) is 0 Å². The summed E-state index contributed by atoms with van der Waals surface area (Å²) in [5, 5.41) is 5.69. The smallest absolute Gasteiger partial charge is 0.244 e. The van der Waals surface area contributed by atoms with Gasteiger partial charge >= 0.3 is 0 Å². The van der Waals surface area contributed by atoms with Gasteiger partial charge in [-0.3, -0.25) is 14.4 Å². The van der Waals surface area contributed by atoms with Crippen molar-refractivity contribution in [3.63, 3.8) is 0 Å². The third-order valence-corrected chi connectivity index (χ3v) is 4.39. The molecule has 7 nitrogen and oxygen atoms in total. The summed E-state index contributed by atoms with van der Waals surface area (Å²) in [5.41, 5.74) is 6.59. The molecule has 1 aliphatic heterocycles. The second kappa shape index (κ2) is 8.31. The van der Waals surface area contributed by atoms with Gasteiger partial charge in [0.2, 0.25) is 17.7 Å². The lowest BCUT2D eigenvalue weighted by Crippen LogP contribution is -2.52. The van der Waals surface area contributed by atoms with Crippen molar-refractivity contribution in [3.05, 3.63) is 24.3 Å². The van der Waals surface area contributed by atoms with Gasteiger partial charge in [0, 0.05) is 24.9 Å². The second-order valence-electron chi connectivity index (χ2n) is 7.46. The average molecular weight is 360 g/mol. The van der Waals surface area contributed by atoms with Gasteiger partial charge in [-0.25, -0.2) is 0 Å². The highest BCUT2D eigenvalue weighted by molar-refractivity contribution is 6.10. The average Bonchev–Trinajstić information content (AvgIpc) is 2.58. The summed E-state index contributed by atoms with van der Waals surface area (Å²) in [4.78, 5) is 38.1. The lowest BCUT2D eigenvalue weighted by atomic mass is 9.90. The number of fused-ring (bicyclic) bond motifs is 1. The predicted octanol–water partition coefficient (Wildman–Crippen LogP) is 1.63. The Hall–Kier alpha value is -2.41. The first kappa shape index (κ1) is 19.9. The molecule has 2 rings (SSSR count). The predicted molar refractivity (Wildman–Crippen MR) is 102 cm³/mol. The number of carbonyl (C=O) groups is 3. The minimum absolute atomic E-state index is 0.0364. The van der Waals surface area contributed by atoms with Crippen molar-refractivity contribution in [1.82, 2.24) is 5.32 Å². The summed E-state index contributed by atoms with van der Waals surface area (Å²) in [7, 11) is 0. The maximum atomic E-state index is 12.6. The number of anilines is 2. The molecule has 0 saturated heterocycles. The molecule has 142 valence electrons. The first-order valence-corrected chi connectivity index (χ1v) is 8.94. The fourth-order valence-electron chi connectivity index (χ4n) is 3.30. The zero-order valence-corrected chi connectivity index (χ0v) is 15.7. The Kier molecular flexibility index (Phi) is 6.37. The van der Waals surface area contributed by atoms with E-state index in [-0.39, 0.29) is 37.1 Å². The SMILES string of the molecule is CC(C)CC(C)(CN)NC(=O)CCC(=O)N1CC(=O)Nc2ccccc21. The van der Waals surface area contributed by atoms with Gasteiger partial charge in [0.1, 0.15) is 6.54 Å². The third kappa shape index (κ3) is 5.05. The molecule has 3 amide bonds. The highest BCUT2D eigenvalue weighted by atomic mass is 16.2. The van der Waals surface area contributed by atoms with E-state index < -0.39 is 5.54 Å². The Labute approximate surface area is 154 Å². The number of benzene rings is 1. The van der Waals surface area contributed by atoms with Gasteiger partial charge in [-0.15, -0.1) is 0 Å². The number of nitrogens with one attached hydrogen (secondary N) is 2. The van der Waals surface area contributed by atoms with E-state index in [4.69, 9.17) is 5.73 Å². The molecule has 1 atom stereocenters. The number of amides is 3. The van der Waals surface area contributed by atoms with Gasteiger partial charge in [-0.2, -0.15) is 0 Å². The zero-order valence-electron chi connectivity index (χ0n) is 15.7. The lowest BCUT2D eigenvalue weighted by molar-refractivity contribution is -0.126. The van der Waals surface area contributed by atoms with Crippen LogP contribution in [0, 0.1) is 5.92 Å². The summed E-state index contributed by atoms with van der Waals surface area (Å²) in [6.07, 6.45) is 0.867. The number of hydrogen-bond donors (Lipinski definition) is 3. The van der Waals surface area contributed by atoms with Gasteiger partial charge in [0.05, 0.1) is 11.4 Å². The highest BCUT2D eigenvalue weighted by Crippen LogP contribution is 2.29. The molecule has 1 aromatic carbocycles. The molecule has 0 saturated carbocycles. The maximum absolute atomic E-state index is 12.6. The zero-order chi connectivity index (χ0) is 19.3. The number of carbonyl (C=O) groups excluding carboxylic acids is 3. The first-order valence-electron chi connectivity index (χ1n) is 8.94. The molecule has 1 aromatic rings. The van der Waals surface area contributed by atoms with E-state index >= 15 is 0 Å². The summed E-state index contributed by atoms with van der Waals surface area (Å²) < 4.78 is 0. The Balaban J connectivity index is 1.96. The molecule has 1 aliphatic rings. The largest absolute Gasteiger partial charge is 0.350 e. The topological polar surface area (TPSA) is 105 Å². The van der Waals surface area contributed by atoms with Gasteiger partial charge in [0.15, 0.2) is 0 Å². The summed E-state index contributed by atoms with van der Waals surface area (Å²) in [6.45, 7) is 6.36. The molecule has 0 spiro atoms. The Morgan fingerprint density at radius 1 is 1.31 bits per heavy atom. The summed E-state index contributed by atoms with van der Waals surface area (Å²) in [5.74, 6) is -0.301. The Morgan fingerprint density at radius 3 is 2.65 bits per heavy atom. The van der Waals surface area contributed by atoms with Crippen molar-refractivity contribution < 1.29 is 14.4 Å². The van der Waals surface area contributed by atoms with E-state index in [9.17, 15) is 14.4 Å². The number of rotatable bonds is 7. The molecular formula is C19H28N4O3. The van der Waals surface area contributed by atoms with Crippen molar-refractivity contribution >= 4 is 29.1 Å². The van der Waals surface area contributed by atoms with Crippen LogP contribution in [-0.4, -0.2) is 36.3 Å². The van der Waals surface area contributed by atoms with E-state index in [1.807, 2.05) is 13.0 Å². The Morgan fingerprint density at radius 2 is 2.00 bits per heavy atom. The van der Waals surface area contributed by atoms with Crippen molar-refractivity contribution in [2.75, 3.05) is 23.3 Å². The van der Waals surface area contributed by atoms with Crippen LogP contribution in [0.3, 0.4) is 0 Å². The molecule has 0 aromatic heterocycles. The molecule has 4 N–H and O–H groups in total. The first-order chi connectivity index (χ1) is 12.2. The minimum Gasteiger partial charge on any atom is -0.350 e. The molecule has 1 unspecified atom stereocenters. The summed E-state index contributed by atoms with van der Waals surface area (Å²) >= 11 is 0. The second-order valence-corrected chi connectivity index (χ2v) is 7.46. The van der Waals surface area contributed by atoms with Crippen LogP contribution in [0.5, 0.6) is 0 Å². The molecule has 0 aliphatic carbocycles. The van der Waals surface area contributed by atoms with Crippen LogP contribution in [-0.2, 0) is 14.4 Å². The third-order valence-electron chi connectivity index (χ3n) is 4.39. The van der Waals surface area contributed by atoms with Crippen molar-refractivity contribution in [3.8, 4) is 0 Å². The van der Waals surface area contributed by atoms with Gasteiger partial charge in [-0.05, 0) is 31.4 Å². The van der Waals surface area contributed by atoms with E-state index in [1.54, 1.807) is 18.2 Å². The van der Waals surface area contributed by atoms with E-state index in [2.05, 4.69) is 24.5 Å². The molecular weight excluding hydrogens is 332 g/mol. The standard InChI is InChI=1S/C19H28N4O3/c1-13(2)10-19(3,12-20)22-16(24)8-9-18(26)23-11-17(25)21-14-6-4-5-7-15(14)23/h4-7,13H,8-12,20H2,1-3H3,(H,21,25)(H,22,24). The molecule has 0 fully saturated rings. The van der Waals surface area contributed by atoms with Crippen LogP contribution in [0.1, 0.15) is 40.0 Å². The van der Waals surface area contributed by atoms with Crippen LogP contribution in [0.4, 0.5) is 11.4 Å². The van der Waals surface area contributed by atoms with Gasteiger partial charge < -0.3 is 21.3 Å². The fraction of sp³-hybridized carbons (Fsp3) is 0.526. The molecule has 0 bridgehead atoms. The van der Waals surface area contributed by atoms with E-state index in [0.717, 1.165) is 6.42 Å². The summed E-state index contributed by atoms with van der Waals surface area (Å²) in [6, 6.07) is 7.13. The molecule has 7 heteroatoms. The highest BCUT2D eigenvalue weighted by Gasteiger charge is 2.28. The van der Waals surface area contributed by atoms with Crippen molar-refractivity contribution in [1.29, 1.82) is 0 Å². The number of hydrogen-bond acceptors (Lipinski definition) is 4. The van der Waals surface area contributed by atoms with Crippen LogP contribution in [0.2, 0.25) is 0 Å². The van der Waals surface area contributed by atoms with Crippen LogP contribution in [0.15, 0.2) is 24.3 Å². The normalized spacial score (nSPS) is 15.9. The fourth-order valence-corrected chi connectivity index (χ4v) is 3.30. The minimum atomic E-state index is -0.480. The van der Waals surface area contributed by atoms with Gasteiger partial charge in [0.25, 0.3) is 0 Å². The van der Waals surface area contributed by atoms with Crippen molar-refractivity contribution in [2.24, 2.45) is 11.7 Å². The lowest BCUT2D eigenvalue weighted by Gasteiger charge is -2.31. The van der Waals surface area contributed by atoms with Crippen LogP contribution < -0.4 is 21.3 Å². The van der Waals surface area contributed by atoms with E-state index in [1.165, 1.54) is 4.90 Å².